The molecule has 0 aromatic carbocycles. The molecule has 2 N–H and O–H groups in total. The molecule has 1 atom stereocenters. The first-order valence-corrected chi connectivity index (χ1v) is 6.92. The Morgan fingerprint density at radius 3 is 2.57 bits per heavy atom. The number of nitrogens with zero attached hydrogens (tertiary/aromatic N) is 1. The van der Waals surface area contributed by atoms with Gasteiger partial charge in [-0.25, -0.2) is 9.78 Å². The number of nitrogens with one attached hydrogen (secondary N) is 1. The van der Waals surface area contributed by atoms with E-state index in [4.69, 9.17) is 5.11 Å². The highest BCUT2D eigenvalue weighted by molar-refractivity contribution is 5.96. The number of alkyl halides is 3. The molecule has 1 aromatic heterocycles. The first-order valence-electron chi connectivity index (χ1n) is 6.92. The number of unbranched alkanes of at least 4 members (excludes halogenated alkanes) is 1. The van der Waals surface area contributed by atoms with E-state index in [0.717, 1.165) is 18.7 Å². The van der Waals surface area contributed by atoms with Crippen LogP contribution in [0, 0.1) is 0 Å². The number of carbonyl (C=O) groups is 2. The maximum Gasteiger partial charge on any atom is 0.422 e. The van der Waals surface area contributed by atoms with E-state index < -0.39 is 30.7 Å². The van der Waals surface area contributed by atoms with Gasteiger partial charge in [0.2, 0.25) is 5.88 Å². The second-order valence-electron chi connectivity index (χ2n) is 4.80. The Morgan fingerprint density at radius 2 is 2.09 bits per heavy atom. The number of ether oxygens (including phenoxy) is 1. The zero-order valence-corrected chi connectivity index (χ0v) is 12.4. The van der Waals surface area contributed by atoms with Crippen LogP contribution in [-0.4, -0.2) is 40.8 Å². The van der Waals surface area contributed by atoms with Crippen molar-refractivity contribution in [3.8, 4) is 5.88 Å². The lowest BCUT2D eigenvalue weighted by atomic mass is 10.1. The SMILES string of the molecule is CCCC[C@H](NC(=O)c1ccc(OCC(F)(F)F)nc1)C(=O)O. The van der Waals surface area contributed by atoms with Crippen molar-refractivity contribution in [1.82, 2.24) is 10.3 Å². The monoisotopic (exact) mass is 334 g/mol. The minimum absolute atomic E-state index is 0.0344. The Balaban J connectivity index is 2.64. The first-order chi connectivity index (χ1) is 10.7. The Labute approximate surface area is 130 Å². The number of rotatable bonds is 8. The molecule has 1 rings (SSSR count). The molecule has 0 saturated carbocycles. The first kappa shape index (κ1) is 18.7. The van der Waals surface area contributed by atoms with Gasteiger partial charge in [-0.1, -0.05) is 19.8 Å². The summed E-state index contributed by atoms with van der Waals surface area (Å²) in [6.45, 7) is 0.411. The number of carboxylic acids is 1. The molecule has 0 spiro atoms. The summed E-state index contributed by atoms with van der Waals surface area (Å²) in [5.74, 6) is -2.09. The number of pyridine rings is 1. The Bertz CT molecular complexity index is 532. The molecule has 6 nitrogen and oxygen atoms in total. The normalized spacial score (nSPS) is 12.5. The van der Waals surface area contributed by atoms with Gasteiger partial charge in [0.15, 0.2) is 6.61 Å². The molecule has 0 aliphatic rings. The van der Waals surface area contributed by atoms with Gasteiger partial charge in [-0.05, 0) is 12.5 Å². The van der Waals surface area contributed by atoms with Crippen LogP contribution in [0.25, 0.3) is 0 Å². The molecular formula is C14H17F3N2O4. The van der Waals surface area contributed by atoms with E-state index in [9.17, 15) is 22.8 Å². The van der Waals surface area contributed by atoms with Crippen molar-refractivity contribution in [2.24, 2.45) is 0 Å². The van der Waals surface area contributed by atoms with Gasteiger partial charge < -0.3 is 15.2 Å². The number of hydrogen-bond acceptors (Lipinski definition) is 4. The molecule has 1 aromatic rings. The Hall–Kier alpha value is -2.32. The van der Waals surface area contributed by atoms with Crippen molar-refractivity contribution in [2.45, 2.75) is 38.4 Å². The fourth-order valence-corrected chi connectivity index (χ4v) is 1.66. The van der Waals surface area contributed by atoms with Crippen LogP contribution in [0.4, 0.5) is 13.2 Å². The summed E-state index contributed by atoms with van der Waals surface area (Å²) in [4.78, 5) is 26.6. The van der Waals surface area contributed by atoms with Gasteiger partial charge >= 0.3 is 12.1 Å². The predicted octanol–water partition coefficient (Wildman–Crippen LogP) is 2.40. The molecule has 128 valence electrons. The molecule has 0 unspecified atom stereocenters. The van der Waals surface area contributed by atoms with Gasteiger partial charge in [0.05, 0.1) is 5.56 Å². The second-order valence-corrected chi connectivity index (χ2v) is 4.80. The van der Waals surface area contributed by atoms with Crippen molar-refractivity contribution in [2.75, 3.05) is 6.61 Å². The molecule has 23 heavy (non-hydrogen) atoms. The van der Waals surface area contributed by atoms with Gasteiger partial charge in [0.1, 0.15) is 6.04 Å². The summed E-state index contributed by atoms with van der Waals surface area (Å²) >= 11 is 0. The number of aromatic nitrogens is 1. The van der Waals surface area contributed by atoms with Crippen LogP contribution in [0.5, 0.6) is 5.88 Å². The zero-order valence-electron chi connectivity index (χ0n) is 12.4. The van der Waals surface area contributed by atoms with E-state index in [2.05, 4.69) is 15.0 Å². The van der Waals surface area contributed by atoms with Crippen LogP contribution in [0.3, 0.4) is 0 Å². The molecule has 9 heteroatoms. The van der Waals surface area contributed by atoms with Crippen LogP contribution in [0.1, 0.15) is 36.5 Å². The third-order valence-electron chi connectivity index (χ3n) is 2.83. The number of amides is 1. The number of carbonyl (C=O) groups excluding carboxylic acids is 1. The third kappa shape index (κ3) is 6.98. The minimum Gasteiger partial charge on any atom is -0.480 e. The molecule has 0 radical (unpaired) electrons. The van der Waals surface area contributed by atoms with E-state index in [1.807, 2.05) is 6.92 Å². The Kier molecular flexibility index (Phi) is 6.80. The van der Waals surface area contributed by atoms with E-state index in [1.54, 1.807) is 0 Å². The summed E-state index contributed by atoms with van der Waals surface area (Å²) in [5.41, 5.74) is 0.0344. The predicted molar refractivity (Wildman–Crippen MR) is 74.2 cm³/mol. The molecular weight excluding hydrogens is 317 g/mol. The van der Waals surface area contributed by atoms with Gasteiger partial charge in [-0.3, -0.25) is 4.79 Å². The average Bonchev–Trinajstić information content (AvgIpc) is 2.48. The summed E-state index contributed by atoms with van der Waals surface area (Å²) in [7, 11) is 0. The summed E-state index contributed by atoms with van der Waals surface area (Å²) in [6.07, 6.45) is -1.74. The Morgan fingerprint density at radius 1 is 1.39 bits per heavy atom. The molecule has 0 fully saturated rings. The van der Waals surface area contributed by atoms with Crippen molar-refractivity contribution >= 4 is 11.9 Å². The highest BCUT2D eigenvalue weighted by Gasteiger charge is 2.28. The van der Waals surface area contributed by atoms with Crippen LogP contribution in [0.2, 0.25) is 0 Å². The smallest absolute Gasteiger partial charge is 0.422 e. The van der Waals surface area contributed by atoms with Crippen LogP contribution in [-0.2, 0) is 4.79 Å². The minimum atomic E-state index is -4.48. The fourth-order valence-electron chi connectivity index (χ4n) is 1.66. The van der Waals surface area contributed by atoms with Crippen molar-refractivity contribution in [1.29, 1.82) is 0 Å². The molecule has 0 saturated heterocycles. The number of halogens is 3. The summed E-state index contributed by atoms with van der Waals surface area (Å²) in [5, 5.41) is 11.4. The maximum absolute atomic E-state index is 12.0. The van der Waals surface area contributed by atoms with Crippen LogP contribution >= 0.6 is 0 Å². The van der Waals surface area contributed by atoms with Gasteiger partial charge in [-0.15, -0.1) is 0 Å². The van der Waals surface area contributed by atoms with Gasteiger partial charge in [0, 0.05) is 12.3 Å². The van der Waals surface area contributed by atoms with E-state index >= 15 is 0 Å². The van der Waals surface area contributed by atoms with Crippen molar-refractivity contribution in [3.63, 3.8) is 0 Å². The zero-order chi connectivity index (χ0) is 17.5. The van der Waals surface area contributed by atoms with E-state index in [0.29, 0.717) is 6.42 Å². The lowest BCUT2D eigenvalue weighted by Crippen LogP contribution is -2.40. The number of aliphatic carboxylic acids is 1. The van der Waals surface area contributed by atoms with Crippen LogP contribution in [0.15, 0.2) is 18.3 Å². The summed E-state index contributed by atoms with van der Waals surface area (Å²) < 4.78 is 40.4. The van der Waals surface area contributed by atoms with E-state index in [-0.39, 0.29) is 17.9 Å². The highest BCUT2D eigenvalue weighted by Crippen LogP contribution is 2.17. The van der Waals surface area contributed by atoms with E-state index in [1.165, 1.54) is 6.07 Å². The van der Waals surface area contributed by atoms with Crippen molar-refractivity contribution < 1.29 is 32.6 Å². The lowest BCUT2D eigenvalue weighted by Gasteiger charge is -2.14. The van der Waals surface area contributed by atoms with Gasteiger partial charge in [0.25, 0.3) is 5.91 Å². The average molecular weight is 334 g/mol. The second kappa shape index (κ2) is 8.35. The molecule has 1 amide bonds. The maximum atomic E-state index is 12.0. The largest absolute Gasteiger partial charge is 0.480 e. The highest BCUT2D eigenvalue weighted by atomic mass is 19.4. The van der Waals surface area contributed by atoms with Gasteiger partial charge in [-0.2, -0.15) is 13.2 Å². The molecule has 1 heterocycles. The van der Waals surface area contributed by atoms with Crippen LogP contribution < -0.4 is 10.1 Å². The lowest BCUT2D eigenvalue weighted by molar-refractivity contribution is -0.154. The molecule has 0 aliphatic heterocycles. The van der Waals surface area contributed by atoms with Crippen molar-refractivity contribution in [3.05, 3.63) is 23.9 Å². The molecule has 0 bridgehead atoms. The quantitative estimate of drug-likeness (QED) is 0.762. The third-order valence-corrected chi connectivity index (χ3v) is 2.83. The standard InChI is InChI=1S/C14H17F3N2O4/c1-2-3-4-10(13(21)22)19-12(20)9-5-6-11(18-7-9)23-8-14(15,16)17/h5-7,10H,2-4,8H2,1H3,(H,19,20)(H,21,22)/t10-/m0/s1. The number of hydrogen-bond donors (Lipinski definition) is 2. The fraction of sp³-hybridized carbons (Fsp3) is 0.500. The topological polar surface area (TPSA) is 88.5 Å². The molecule has 0 aliphatic carbocycles. The summed E-state index contributed by atoms with van der Waals surface area (Å²) in [6, 6.07) is 1.30. The number of carboxylic acid groups (broad SMARTS) is 1.